The summed E-state index contributed by atoms with van der Waals surface area (Å²) in [6.07, 6.45) is 13.7. The van der Waals surface area contributed by atoms with Gasteiger partial charge in [0.2, 0.25) is 0 Å². The van der Waals surface area contributed by atoms with Gasteiger partial charge in [0.1, 0.15) is 34.5 Å². The molecular formula is C117H114O6. The highest BCUT2D eigenvalue weighted by atomic mass is 16.3. The number of hydrogen-bond acceptors (Lipinski definition) is 6. The highest BCUT2D eigenvalue weighted by molar-refractivity contribution is 5.92. The average Bonchev–Trinajstić information content (AvgIpc) is 0.776. The zero-order chi connectivity index (χ0) is 86.0. The van der Waals surface area contributed by atoms with Gasteiger partial charge in [-0.2, -0.15) is 0 Å². The van der Waals surface area contributed by atoms with Crippen molar-refractivity contribution in [3.05, 3.63) is 505 Å². The summed E-state index contributed by atoms with van der Waals surface area (Å²) in [5.41, 5.74) is 18.5. The lowest BCUT2D eigenvalue weighted by Gasteiger charge is -2.38. The molecule has 0 saturated heterocycles. The minimum atomic E-state index is 0.0106. The van der Waals surface area contributed by atoms with Crippen LogP contribution in [-0.2, 0) is 28.1 Å². The van der Waals surface area contributed by atoms with Crippen LogP contribution in [0.3, 0.4) is 0 Å². The zero-order valence-corrected chi connectivity index (χ0v) is 71.2. The molecule has 2 aliphatic carbocycles. The molecule has 2 aliphatic rings. The molecule has 0 radical (unpaired) electrons. The first kappa shape index (κ1) is 88.3. The van der Waals surface area contributed by atoms with Crippen LogP contribution in [0.1, 0.15) is 148 Å². The van der Waals surface area contributed by atoms with Crippen LogP contribution < -0.4 is 0 Å². The van der Waals surface area contributed by atoms with E-state index in [1.165, 1.54) is 129 Å². The predicted molar refractivity (Wildman–Crippen MR) is 514 cm³/mol. The quantitative estimate of drug-likeness (QED) is 0.0725. The van der Waals surface area contributed by atoms with Gasteiger partial charge in [0, 0.05) is 32.4 Å². The van der Waals surface area contributed by atoms with Crippen LogP contribution in [0.2, 0.25) is 0 Å². The number of phenols is 6. The second kappa shape index (κ2) is 44.4. The lowest BCUT2D eigenvalue weighted by molar-refractivity contribution is 0.345. The lowest BCUT2D eigenvalue weighted by atomic mass is 9.65. The molecule has 0 heterocycles. The topological polar surface area (TPSA) is 121 Å². The van der Waals surface area contributed by atoms with E-state index in [1.54, 1.807) is 84.9 Å². The van der Waals surface area contributed by atoms with E-state index in [-0.39, 0.29) is 44.7 Å². The third-order valence-corrected chi connectivity index (χ3v) is 23.8. The van der Waals surface area contributed by atoms with E-state index in [4.69, 9.17) is 10.2 Å². The number of benzene rings is 17. The monoisotopic (exact) mass is 1610 g/mol. The third kappa shape index (κ3) is 24.7. The Kier molecular flexibility index (Phi) is 31.9. The number of phenolic OH excluding ortho intramolecular Hbond substituents is 6. The molecule has 0 spiro atoms. The van der Waals surface area contributed by atoms with Crippen LogP contribution in [0.15, 0.2) is 449 Å². The lowest BCUT2D eigenvalue weighted by Crippen LogP contribution is -2.30. The highest BCUT2D eigenvalue weighted by Crippen LogP contribution is 2.47. The van der Waals surface area contributed by atoms with E-state index in [0.29, 0.717) is 22.3 Å². The van der Waals surface area contributed by atoms with Crippen molar-refractivity contribution in [2.45, 2.75) is 120 Å². The maximum absolute atomic E-state index is 9.51. The van der Waals surface area contributed by atoms with Crippen LogP contribution in [0, 0.1) is 0 Å². The van der Waals surface area contributed by atoms with Crippen LogP contribution in [0.4, 0.5) is 0 Å². The van der Waals surface area contributed by atoms with E-state index in [1.807, 2.05) is 60.7 Å². The van der Waals surface area contributed by atoms with Gasteiger partial charge in [-0.1, -0.05) is 454 Å². The van der Waals surface area contributed by atoms with E-state index < -0.39 is 0 Å². The molecule has 618 valence electrons. The maximum atomic E-state index is 9.51. The van der Waals surface area contributed by atoms with E-state index in [0.717, 1.165) is 30.4 Å². The molecule has 2 saturated carbocycles. The van der Waals surface area contributed by atoms with Crippen LogP contribution in [0.25, 0.3) is 43.8 Å². The fourth-order valence-corrected chi connectivity index (χ4v) is 16.6. The molecule has 6 nitrogen and oxygen atoms in total. The molecule has 0 bridgehead atoms. The summed E-state index contributed by atoms with van der Waals surface area (Å²) in [5, 5.41) is 60.0. The van der Waals surface area contributed by atoms with Crippen molar-refractivity contribution >= 4 is 21.5 Å². The normalized spacial score (nSPS) is 12.9. The third-order valence-electron chi connectivity index (χ3n) is 23.8. The molecule has 0 aromatic heterocycles. The number of hydrogen-bond donors (Lipinski definition) is 6. The molecule has 17 aromatic carbocycles. The van der Waals surface area contributed by atoms with Gasteiger partial charge in [-0.25, -0.2) is 0 Å². The second-order valence-electron chi connectivity index (χ2n) is 32.6. The first-order valence-corrected chi connectivity index (χ1v) is 43.0. The van der Waals surface area contributed by atoms with Gasteiger partial charge in [-0.05, 0) is 181 Å². The Hall–Kier alpha value is -13.9. The van der Waals surface area contributed by atoms with Crippen LogP contribution in [0.5, 0.6) is 34.5 Å². The Morgan fingerprint density at radius 3 is 0.724 bits per heavy atom. The van der Waals surface area contributed by atoms with Crippen LogP contribution >= 0.6 is 0 Å². The molecule has 17 aromatic rings. The van der Waals surface area contributed by atoms with Crippen molar-refractivity contribution in [3.63, 3.8) is 0 Å². The molecule has 123 heavy (non-hydrogen) atoms. The fourth-order valence-electron chi connectivity index (χ4n) is 16.6. The Morgan fingerprint density at radius 2 is 0.431 bits per heavy atom. The summed E-state index contributed by atoms with van der Waals surface area (Å²) >= 11 is 0. The van der Waals surface area contributed by atoms with E-state index in [9.17, 15) is 20.4 Å². The standard InChI is InChI=1S/C24H26.C18H20O2.C18H20.C13H12.C12H10O2.C12H10.C10H8O2.C10H8/c1-23(2,19-11-7-5-8-12-19)21-15-17-22(18-16-21)24(3,4)20-13-9-6-10-14-20;19-16-8-4-14(5-9-16)18(12-2-1-3-13-18)15-6-10-17(20)11-7-15;1-4-10-16(11-5-1)18(14-8-3-9-15-18)17-12-6-2-7-13-17;1-3-7-12(8-4-1)11-13-9-5-2-6-10-13;13-11-5-1-9(2-6-11)10-3-7-12(14)8-4-10;1-3-7-11(8-4-1)12-9-5-2-6-10-12;11-9-5-1-3-7-8(9)4-2-6-10(7)12;1-2-6-10-8-4-3-7-9(10)5-1/h5-18H,1-4H3;4-11,19-20H,1-3,12-13H2;1-2,4-7,10-13H,3,8-9,14-15H2;1-10H,11H2;1-8,13-14H;1-10H;1-6,11-12H;1-8H. The summed E-state index contributed by atoms with van der Waals surface area (Å²) in [6, 6.07) is 151. The fraction of sp³-hybridized carbons (Fsp3) is 0.162. The van der Waals surface area contributed by atoms with E-state index >= 15 is 0 Å². The van der Waals surface area contributed by atoms with E-state index in [2.05, 4.69) is 331 Å². The molecule has 0 aliphatic heterocycles. The number of fused-ring (bicyclic) bond motifs is 2. The first-order valence-electron chi connectivity index (χ1n) is 43.0. The molecule has 19 rings (SSSR count). The van der Waals surface area contributed by atoms with Crippen molar-refractivity contribution in [2.24, 2.45) is 0 Å². The zero-order valence-electron chi connectivity index (χ0n) is 71.2. The molecule has 2 fully saturated rings. The van der Waals surface area contributed by atoms with Crippen molar-refractivity contribution in [1.82, 2.24) is 0 Å². The van der Waals surface area contributed by atoms with Gasteiger partial charge in [0.15, 0.2) is 0 Å². The smallest absolute Gasteiger partial charge is 0.123 e. The number of rotatable bonds is 12. The summed E-state index contributed by atoms with van der Waals surface area (Å²) in [7, 11) is 0. The Labute approximate surface area is 728 Å². The summed E-state index contributed by atoms with van der Waals surface area (Å²) in [4.78, 5) is 0. The van der Waals surface area contributed by atoms with Gasteiger partial charge >= 0.3 is 0 Å². The Morgan fingerprint density at radius 1 is 0.203 bits per heavy atom. The molecule has 0 unspecified atom stereocenters. The SMILES string of the molecule is CC(C)(c1ccccc1)c1ccc(C(C)(C)c2ccccc2)cc1.Oc1ccc(-c2ccc(O)cc2)cc1.Oc1ccc(C2(c3ccc(O)cc3)CCCCC2)cc1.Oc1cccc2c(O)cccc12.c1ccc(-c2ccccc2)cc1.c1ccc(C2(c3ccccc3)CCCCC2)cc1.c1ccc(Cc2ccccc2)cc1.c1ccc2ccccc2c1. The molecule has 6 heteroatoms. The minimum absolute atomic E-state index is 0.0106. The average molecular weight is 1620 g/mol. The molecule has 0 amide bonds. The maximum Gasteiger partial charge on any atom is 0.123 e. The van der Waals surface area contributed by atoms with Gasteiger partial charge in [-0.3, -0.25) is 0 Å². The largest absolute Gasteiger partial charge is 0.508 e. The molecular weight excluding hydrogens is 1500 g/mol. The first-order chi connectivity index (χ1) is 60.0. The molecule has 6 N–H and O–H groups in total. The van der Waals surface area contributed by atoms with Crippen LogP contribution in [-0.4, -0.2) is 30.6 Å². The minimum Gasteiger partial charge on any atom is -0.508 e. The second-order valence-corrected chi connectivity index (χ2v) is 32.6. The Balaban J connectivity index is 0.000000130. The highest BCUT2D eigenvalue weighted by Gasteiger charge is 2.37. The van der Waals surface area contributed by atoms with Gasteiger partial charge in [-0.15, -0.1) is 0 Å². The van der Waals surface area contributed by atoms with Gasteiger partial charge in [0.05, 0.1) is 0 Å². The number of aromatic hydroxyl groups is 6. The van der Waals surface area contributed by atoms with Gasteiger partial charge < -0.3 is 30.6 Å². The van der Waals surface area contributed by atoms with Crippen molar-refractivity contribution < 1.29 is 30.6 Å². The van der Waals surface area contributed by atoms with Crippen molar-refractivity contribution in [3.8, 4) is 56.8 Å². The summed E-state index contributed by atoms with van der Waals surface area (Å²) in [5.74, 6) is 1.53. The van der Waals surface area contributed by atoms with Crippen molar-refractivity contribution in [2.75, 3.05) is 0 Å². The molecule has 0 atom stereocenters. The van der Waals surface area contributed by atoms with Crippen molar-refractivity contribution in [1.29, 1.82) is 0 Å². The Bertz CT molecular complexity index is 5500. The summed E-state index contributed by atoms with van der Waals surface area (Å²) in [6.45, 7) is 9.17. The predicted octanol–water partition coefficient (Wildman–Crippen LogP) is 30.1. The summed E-state index contributed by atoms with van der Waals surface area (Å²) < 4.78 is 0. The van der Waals surface area contributed by atoms with Gasteiger partial charge in [0.25, 0.3) is 0 Å².